The van der Waals surface area contributed by atoms with Crippen LogP contribution < -0.4 is 11.1 Å². The minimum atomic E-state index is -0.709. The maximum atomic E-state index is 12.2. The Morgan fingerprint density at radius 1 is 1.29 bits per heavy atom. The van der Waals surface area contributed by atoms with E-state index in [1.807, 2.05) is 13.8 Å². The minimum absolute atomic E-state index is 0. The maximum Gasteiger partial charge on any atom is 0.253 e. The van der Waals surface area contributed by atoms with Gasteiger partial charge in [-0.15, -0.1) is 12.4 Å². The lowest BCUT2D eigenvalue weighted by Gasteiger charge is -2.19. The van der Waals surface area contributed by atoms with Gasteiger partial charge in [-0.1, -0.05) is 6.07 Å². The molecule has 1 aliphatic carbocycles. The van der Waals surface area contributed by atoms with Gasteiger partial charge in [-0.2, -0.15) is 0 Å². The molecule has 1 fully saturated rings. The second-order valence-electron chi connectivity index (χ2n) is 5.17. The third-order valence-electron chi connectivity index (χ3n) is 3.66. The average Bonchev–Trinajstić information content (AvgIpc) is 3.20. The molecule has 0 radical (unpaired) electrons. The van der Waals surface area contributed by atoms with Gasteiger partial charge in [0.1, 0.15) is 0 Å². The number of benzene rings is 1. The van der Waals surface area contributed by atoms with Crippen molar-refractivity contribution in [2.75, 3.05) is 18.4 Å². The number of rotatable bonds is 5. The van der Waals surface area contributed by atoms with Crippen molar-refractivity contribution in [1.29, 1.82) is 0 Å². The Balaban J connectivity index is 0.00000220. The molecule has 2 rings (SSSR count). The largest absolute Gasteiger partial charge is 0.339 e. The predicted molar refractivity (Wildman–Crippen MR) is 85.7 cm³/mol. The third-order valence-corrected chi connectivity index (χ3v) is 3.66. The molecule has 1 saturated carbocycles. The number of carbonyl (C=O) groups excluding carboxylic acids is 2. The summed E-state index contributed by atoms with van der Waals surface area (Å²) in [5.41, 5.74) is 6.32. The van der Waals surface area contributed by atoms with Crippen molar-refractivity contribution in [1.82, 2.24) is 4.90 Å². The fourth-order valence-corrected chi connectivity index (χ4v) is 2.04. The van der Waals surface area contributed by atoms with Gasteiger partial charge in [0.05, 0.1) is 5.54 Å². The zero-order valence-corrected chi connectivity index (χ0v) is 13.2. The molecule has 0 heterocycles. The van der Waals surface area contributed by atoms with Gasteiger partial charge in [0, 0.05) is 24.3 Å². The summed E-state index contributed by atoms with van der Waals surface area (Å²) < 4.78 is 0. The molecule has 2 amide bonds. The molecule has 0 atom stereocenters. The maximum absolute atomic E-state index is 12.2. The highest BCUT2D eigenvalue weighted by Crippen LogP contribution is 2.33. The smallest absolute Gasteiger partial charge is 0.253 e. The lowest BCUT2D eigenvalue weighted by molar-refractivity contribution is -0.118. The van der Waals surface area contributed by atoms with Gasteiger partial charge in [-0.05, 0) is 44.9 Å². The van der Waals surface area contributed by atoms with Crippen LogP contribution in [-0.2, 0) is 4.79 Å². The summed E-state index contributed by atoms with van der Waals surface area (Å²) >= 11 is 0. The number of nitrogens with zero attached hydrogens (tertiary/aromatic N) is 1. The molecule has 21 heavy (non-hydrogen) atoms. The number of nitrogens with two attached hydrogens (primary N) is 1. The van der Waals surface area contributed by atoms with Gasteiger partial charge >= 0.3 is 0 Å². The van der Waals surface area contributed by atoms with Gasteiger partial charge in [-0.25, -0.2) is 0 Å². The van der Waals surface area contributed by atoms with Crippen molar-refractivity contribution in [3.05, 3.63) is 29.8 Å². The Kier molecular flexibility index (Phi) is 5.75. The van der Waals surface area contributed by atoms with Crippen LogP contribution in [0.25, 0.3) is 0 Å². The number of anilines is 1. The van der Waals surface area contributed by atoms with E-state index >= 15 is 0 Å². The number of hydrogen-bond donors (Lipinski definition) is 2. The lowest BCUT2D eigenvalue weighted by Crippen LogP contribution is -2.37. The highest BCUT2D eigenvalue weighted by molar-refractivity contribution is 6.01. The number of halogens is 1. The van der Waals surface area contributed by atoms with E-state index in [9.17, 15) is 9.59 Å². The first-order valence-electron chi connectivity index (χ1n) is 7.00. The molecule has 3 N–H and O–H groups in total. The molecular formula is C15H22ClN3O2. The zero-order valence-electron chi connectivity index (χ0n) is 12.4. The standard InChI is InChI=1S/C15H21N3O2.ClH/c1-3-18(4-2)13(19)11-6-5-7-12(10-11)17-14(20)15(16)8-9-15;/h5-7,10H,3-4,8-9,16H2,1-2H3,(H,17,20);1H. The summed E-state index contributed by atoms with van der Waals surface area (Å²) in [5.74, 6) is -0.204. The molecule has 0 saturated heterocycles. The third kappa shape index (κ3) is 3.95. The van der Waals surface area contributed by atoms with Gasteiger partial charge in [0.2, 0.25) is 5.91 Å². The molecule has 1 aromatic carbocycles. The van der Waals surface area contributed by atoms with Crippen LogP contribution in [0, 0.1) is 0 Å². The molecule has 0 bridgehead atoms. The van der Waals surface area contributed by atoms with Crippen LogP contribution in [0.15, 0.2) is 24.3 Å². The monoisotopic (exact) mass is 311 g/mol. The van der Waals surface area contributed by atoms with Gasteiger partial charge in [-0.3, -0.25) is 9.59 Å². The van der Waals surface area contributed by atoms with Crippen LogP contribution in [0.5, 0.6) is 0 Å². The highest BCUT2D eigenvalue weighted by atomic mass is 35.5. The summed E-state index contributed by atoms with van der Waals surface area (Å²) in [6, 6.07) is 6.99. The molecule has 1 aromatic rings. The van der Waals surface area contributed by atoms with E-state index in [4.69, 9.17) is 5.73 Å². The second-order valence-corrected chi connectivity index (χ2v) is 5.17. The first-order valence-corrected chi connectivity index (χ1v) is 7.00. The average molecular weight is 312 g/mol. The Bertz CT molecular complexity index is 525. The molecule has 0 unspecified atom stereocenters. The van der Waals surface area contributed by atoms with Crippen LogP contribution >= 0.6 is 12.4 Å². The first-order chi connectivity index (χ1) is 9.50. The molecular weight excluding hydrogens is 290 g/mol. The zero-order chi connectivity index (χ0) is 14.8. The fraction of sp³-hybridized carbons (Fsp3) is 0.467. The van der Waals surface area contributed by atoms with Gasteiger partial charge in [0.25, 0.3) is 5.91 Å². The highest BCUT2D eigenvalue weighted by Gasteiger charge is 2.45. The van der Waals surface area contributed by atoms with Crippen molar-refractivity contribution in [3.8, 4) is 0 Å². The molecule has 116 valence electrons. The topological polar surface area (TPSA) is 75.4 Å². The molecule has 6 heteroatoms. The quantitative estimate of drug-likeness (QED) is 0.873. The van der Waals surface area contributed by atoms with E-state index in [0.29, 0.717) is 24.3 Å². The Morgan fingerprint density at radius 3 is 2.43 bits per heavy atom. The molecule has 1 aliphatic rings. The lowest BCUT2D eigenvalue weighted by atomic mass is 10.1. The molecule has 0 spiro atoms. The summed E-state index contributed by atoms with van der Waals surface area (Å²) in [4.78, 5) is 25.9. The van der Waals surface area contributed by atoms with Crippen LogP contribution in [0.1, 0.15) is 37.0 Å². The van der Waals surface area contributed by atoms with Crippen LogP contribution in [0.2, 0.25) is 0 Å². The van der Waals surface area contributed by atoms with E-state index in [-0.39, 0.29) is 24.2 Å². The predicted octanol–water partition coefficient (Wildman–Crippen LogP) is 2.02. The molecule has 0 aliphatic heterocycles. The van der Waals surface area contributed by atoms with Crippen LogP contribution in [0.3, 0.4) is 0 Å². The van der Waals surface area contributed by atoms with Crippen molar-refractivity contribution in [3.63, 3.8) is 0 Å². The first kappa shape index (κ1) is 17.5. The second kappa shape index (κ2) is 6.91. The number of hydrogen-bond acceptors (Lipinski definition) is 3. The summed E-state index contributed by atoms with van der Waals surface area (Å²) in [6.07, 6.45) is 1.44. The van der Waals surface area contributed by atoms with Crippen molar-refractivity contribution < 1.29 is 9.59 Å². The van der Waals surface area contributed by atoms with Crippen molar-refractivity contribution >= 4 is 29.9 Å². The van der Waals surface area contributed by atoms with Crippen molar-refractivity contribution in [2.45, 2.75) is 32.2 Å². The molecule has 0 aromatic heterocycles. The minimum Gasteiger partial charge on any atom is -0.339 e. The Labute approximate surface area is 131 Å². The van der Waals surface area contributed by atoms with E-state index < -0.39 is 5.54 Å². The molecule has 5 nitrogen and oxygen atoms in total. The summed E-state index contributed by atoms with van der Waals surface area (Å²) in [5, 5.41) is 2.78. The van der Waals surface area contributed by atoms with Gasteiger partial charge in [0.15, 0.2) is 0 Å². The van der Waals surface area contributed by atoms with E-state index in [2.05, 4.69) is 5.32 Å². The Hall–Kier alpha value is -1.59. The van der Waals surface area contributed by atoms with E-state index in [0.717, 1.165) is 12.8 Å². The Morgan fingerprint density at radius 2 is 1.90 bits per heavy atom. The summed E-state index contributed by atoms with van der Waals surface area (Å²) in [6.45, 7) is 5.21. The SMILES string of the molecule is CCN(CC)C(=O)c1cccc(NC(=O)C2(N)CC2)c1.Cl. The van der Waals surface area contributed by atoms with Crippen molar-refractivity contribution in [2.24, 2.45) is 5.73 Å². The normalized spacial score (nSPS) is 14.8. The summed E-state index contributed by atoms with van der Waals surface area (Å²) in [7, 11) is 0. The number of nitrogens with one attached hydrogen (secondary N) is 1. The fourth-order valence-electron chi connectivity index (χ4n) is 2.04. The van der Waals surface area contributed by atoms with E-state index in [1.165, 1.54) is 0 Å². The van der Waals surface area contributed by atoms with E-state index in [1.54, 1.807) is 29.2 Å². The van der Waals surface area contributed by atoms with Gasteiger partial charge < -0.3 is 16.0 Å². The number of carbonyl (C=O) groups is 2. The van der Waals surface area contributed by atoms with Crippen LogP contribution in [0.4, 0.5) is 5.69 Å². The number of amides is 2. The van der Waals surface area contributed by atoms with Crippen LogP contribution in [-0.4, -0.2) is 35.3 Å².